The number of carbonyl (C=O) groups is 2. The number of benzene rings is 2. The third-order valence-corrected chi connectivity index (χ3v) is 8.34. The standard InChI is InChI=1S/C29H41N3O6S/c1-22(29(34)30-24-9-6-5-7-10-24)31(21-23-12-16-26(37-2)17-13-23)28(33)11-8-20-32(39(4,35)36)25-14-18-27(38-3)19-15-25/h12-19,22,24H,5-11,20-21H2,1-4H3,(H,30,34)/t22-/m0/s1. The molecule has 2 amide bonds. The van der Waals surface area contributed by atoms with E-state index in [1.165, 1.54) is 10.7 Å². The Labute approximate surface area is 232 Å². The van der Waals surface area contributed by atoms with Crippen molar-refractivity contribution < 1.29 is 27.5 Å². The molecule has 2 aromatic carbocycles. The lowest BCUT2D eigenvalue weighted by molar-refractivity contribution is -0.141. The van der Waals surface area contributed by atoms with E-state index in [9.17, 15) is 18.0 Å². The molecule has 1 atom stereocenters. The summed E-state index contributed by atoms with van der Waals surface area (Å²) in [5.41, 5.74) is 1.37. The maximum atomic E-state index is 13.5. The summed E-state index contributed by atoms with van der Waals surface area (Å²) in [6, 6.07) is 13.6. The fourth-order valence-corrected chi connectivity index (χ4v) is 5.80. The highest BCUT2D eigenvalue weighted by Crippen LogP contribution is 2.23. The summed E-state index contributed by atoms with van der Waals surface area (Å²) >= 11 is 0. The van der Waals surface area contributed by atoms with E-state index in [2.05, 4.69) is 5.32 Å². The Kier molecular flexibility index (Phi) is 11.0. The largest absolute Gasteiger partial charge is 0.497 e. The molecule has 10 heteroatoms. The highest BCUT2D eigenvalue weighted by Gasteiger charge is 2.28. The summed E-state index contributed by atoms with van der Waals surface area (Å²) in [7, 11) is -0.429. The van der Waals surface area contributed by atoms with Crippen LogP contribution in [0.4, 0.5) is 5.69 Å². The van der Waals surface area contributed by atoms with Gasteiger partial charge in [-0.25, -0.2) is 8.42 Å². The van der Waals surface area contributed by atoms with Crippen LogP contribution in [0.3, 0.4) is 0 Å². The van der Waals surface area contributed by atoms with Gasteiger partial charge in [0, 0.05) is 25.6 Å². The van der Waals surface area contributed by atoms with Gasteiger partial charge in [-0.1, -0.05) is 31.4 Å². The molecule has 0 aliphatic heterocycles. The van der Waals surface area contributed by atoms with E-state index in [1.54, 1.807) is 50.3 Å². The van der Waals surface area contributed by atoms with Crippen LogP contribution in [0.2, 0.25) is 0 Å². The molecule has 1 aliphatic carbocycles. The molecule has 3 rings (SSSR count). The zero-order valence-electron chi connectivity index (χ0n) is 23.4. The van der Waals surface area contributed by atoms with Crippen molar-refractivity contribution >= 4 is 27.5 Å². The summed E-state index contributed by atoms with van der Waals surface area (Å²) in [5, 5.41) is 3.13. The van der Waals surface area contributed by atoms with Crippen LogP contribution >= 0.6 is 0 Å². The first-order chi connectivity index (χ1) is 18.6. The Hall–Kier alpha value is -3.27. The number of nitrogens with one attached hydrogen (secondary N) is 1. The molecule has 0 aromatic heterocycles. The Morgan fingerprint density at radius 1 is 0.949 bits per heavy atom. The molecule has 0 bridgehead atoms. The minimum Gasteiger partial charge on any atom is -0.497 e. The first-order valence-corrected chi connectivity index (χ1v) is 15.3. The van der Waals surface area contributed by atoms with E-state index in [0.717, 1.165) is 37.5 Å². The fourth-order valence-electron chi connectivity index (χ4n) is 4.83. The summed E-state index contributed by atoms with van der Waals surface area (Å²) in [4.78, 5) is 28.3. The number of nitrogens with zero attached hydrogens (tertiary/aromatic N) is 2. The SMILES string of the molecule is COc1ccc(CN(C(=O)CCCN(c2ccc(OC)cc2)S(C)(=O)=O)[C@@H](C)C(=O)NC2CCCCC2)cc1. The first-order valence-electron chi connectivity index (χ1n) is 13.5. The second kappa shape index (κ2) is 14.2. The Bertz CT molecular complexity index is 1180. The third-order valence-electron chi connectivity index (χ3n) is 7.14. The Balaban J connectivity index is 1.71. The zero-order chi connectivity index (χ0) is 28.4. The van der Waals surface area contributed by atoms with Crippen LogP contribution in [-0.2, 0) is 26.2 Å². The van der Waals surface area contributed by atoms with Gasteiger partial charge in [-0.05, 0) is 68.1 Å². The summed E-state index contributed by atoms with van der Waals surface area (Å²) < 4.78 is 36.7. The summed E-state index contributed by atoms with van der Waals surface area (Å²) in [6.45, 7) is 2.14. The molecule has 2 aromatic rings. The molecule has 1 aliphatic rings. The Morgan fingerprint density at radius 2 is 1.51 bits per heavy atom. The van der Waals surface area contributed by atoms with Gasteiger partial charge in [0.15, 0.2) is 0 Å². The van der Waals surface area contributed by atoms with Crippen molar-refractivity contribution in [1.82, 2.24) is 10.2 Å². The van der Waals surface area contributed by atoms with Crippen molar-refractivity contribution in [3.05, 3.63) is 54.1 Å². The molecule has 1 saturated carbocycles. The van der Waals surface area contributed by atoms with Gasteiger partial charge < -0.3 is 19.7 Å². The lowest BCUT2D eigenvalue weighted by atomic mass is 9.95. The third kappa shape index (κ3) is 8.88. The second-order valence-corrected chi connectivity index (χ2v) is 11.9. The van der Waals surface area contributed by atoms with Gasteiger partial charge in [0.05, 0.1) is 26.2 Å². The van der Waals surface area contributed by atoms with Gasteiger partial charge in [0.1, 0.15) is 17.5 Å². The number of methoxy groups -OCH3 is 2. The van der Waals surface area contributed by atoms with E-state index in [0.29, 0.717) is 23.6 Å². The first kappa shape index (κ1) is 30.3. The van der Waals surface area contributed by atoms with E-state index < -0.39 is 16.1 Å². The van der Waals surface area contributed by atoms with Gasteiger partial charge in [-0.3, -0.25) is 13.9 Å². The van der Waals surface area contributed by atoms with Crippen molar-refractivity contribution in [2.45, 2.75) is 70.5 Å². The number of amides is 2. The van der Waals surface area contributed by atoms with E-state index >= 15 is 0 Å². The lowest BCUT2D eigenvalue weighted by Gasteiger charge is -2.31. The van der Waals surface area contributed by atoms with Gasteiger partial charge in [0.2, 0.25) is 21.8 Å². The Morgan fingerprint density at radius 3 is 2.05 bits per heavy atom. The lowest BCUT2D eigenvalue weighted by Crippen LogP contribution is -2.50. The number of hydrogen-bond acceptors (Lipinski definition) is 6. The van der Waals surface area contributed by atoms with Crippen LogP contribution in [0.1, 0.15) is 57.4 Å². The minimum atomic E-state index is -3.57. The molecule has 1 fully saturated rings. The zero-order valence-corrected chi connectivity index (χ0v) is 24.2. The van der Waals surface area contributed by atoms with Crippen molar-refractivity contribution in [3.8, 4) is 11.5 Å². The highest BCUT2D eigenvalue weighted by atomic mass is 32.2. The number of ether oxygens (including phenoxy) is 2. The minimum absolute atomic E-state index is 0.0966. The topological polar surface area (TPSA) is 105 Å². The number of carbonyl (C=O) groups excluding carboxylic acids is 2. The van der Waals surface area contributed by atoms with Gasteiger partial charge in [0.25, 0.3) is 0 Å². The predicted molar refractivity (Wildman–Crippen MR) is 152 cm³/mol. The highest BCUT2D eigenvalue weighted by molar-refractivity contribution is 7.92. The number of sulfonamides is 1. The molecule has 0 radical (unpaired) electrons. The average molecular weight is 560 g/mol. The normalized spacial score (nSPS) is 14.8. The maximum absolute atomic E-state index is 13.5. The smallest absolute Gasteiger partial charge is 0.242 e. The monoisotopic (exact) mass is 559 g/mol. The van der Waals surface area contributed by atoms with E-state index in [4.69, 9.17) is 9.47 Å². The molecule has 0 spiro atoms. The fraction of sp³-hybridized carbons (Fsp3) is 0.517. The number of hydrogen-bond donors (Lipinski definition) is 1. The molecule has 9 nitrogen and oxygen atoms in total. The number of rotatable bonds is 13. The van der Waals surface area contributed by atoms with Crippen molar-refractivity contribution in [2.75, 3.05) is 31.3 Å². The van der Waals surface area contributed by atoms with E-state index in [1.807, 2.05) is 24.3 Å². The van der Waals surface area contributed by atoms with Crippen LogP contribution < -0.4 is 19.1 Å². The molecule has 214 valence electrons. The van der Waals surface area contributed by atoms with Crippen LogP contribution in [0.5, 0.6) is 11.5 Å². The summed E-state index contributed by atoms with van der Waals surface area (Å²) in [6.07, 6.45) is 6.83. The van der Waals surface area contributed by atoms with Gasteiger partial charge >= 0.3 is 0 Å². The van der Waals surface area contributed by atoms with Crippen LogP contribution in [0.15, 0.2) is 48.5 Å². The summed E-state index contributed by atoms with van der Waals surface area (Å²) in [5.74, 6) is 0.955. The molecular formula is C29H41N3O6S. The van der Waals surface area contributed by atoms with Gasteiger partial charge in [-0.2, -0.15) is 0 Å². The predicted octanol–water partition coefficient (Wildman–Crippen LogP) is 4.12. The average Bonchev–Trinajstić information content (AvgIpc) is 2.94. The molecule has 0 unspecified atom stereocenters. The van der Waals surface area contributed by atoms with Crippen molar-refractivity contribution in [2.24, 2.45) is 0 Å². The van der Waals surface area contributed by atoms with Gasteiger partial charge in [-0.15, -0.1) is 0 Å². The molecule has 0 saturated heterocycles. The van der Waals surface area contributed by atoms with Crippen LogP contribution in [0, 0.1) is 0 Å². The van der Waals surface area contributed by atoms with Crippen LogP contribution in [-0.4, -0.2) is 64.2 Å². The molecular weight excluding hydrogens is 518 g/mol. The van der Waals surface area contributed by atoms with Crippen molar-refractivity contribution in [3.63, 3.8) is 0 Å². The van der Waals surface area contributed by atoms with Crippen LogP contribution in [0.25, 0.3) is 0 Å². The molecule has 1 N–H and O–H groups in total. The maximum Gasteiger partial charge on any atom is 0.242 e. The number of anilines is 1. The second-order valence-electron chi connectivity index (χ2n) is 10.0. The molecule has 0 heterocycles. The van der Waals surface area contributed by atoms with E-state index in [-0.39, 0.29) is 37.4 Å². The van der Waals surface area contributed by atoms with Crippen molar-refractivity contribution in [1.29, 1.82) is 0 Å². The quantitative estimate of drug-likeness (QED) is 0.396. The molecule has 39 heavy (non-hydrogen) atoms.